The van der Waals surface area contributed by atoms with E-state index >= 15 is 0 Å². The Morgan fingerprint density at radius 2 is 1.93 bits per heavy atom. The summed E-state index contributed by atoms with van der Waals surface area (Å²) >= 11 is 0. The lowest BCUT2D eigenvalue weighted by molar-refractivity contribution is -0.135. The standard InChI is InChI=1S/C19H34N4O3S/c1-2-20-19(21-12-15-9-11-27(25,26)14-15)22-17-8-10-23(13-17)18(24)16-6-4-3-5-7-16/h15-17H,2-14H2,1H3,(H2,20,21,22). The highest BCUT2D eigenvalue weighted by Gasteiger charge is 2.32. The fourth-order valence-corrected chi connectivity index (χ4v) is 6.29. The summed E-state index contributed by atoms with van der Waals surface area (Å²) in [6.45, 7) is 4.86. The third-order valence-corrected chi connectivity index (χ3v) is 7.81. The minimum absolute atomic E-state index is 0.124. The van der Waals surface area contributed by atoms with Crippen molar-refractivity contribution in [2.75, 3.05) is 37.7 Å². The molecule has 0 aromatic heterocycles. The van der Waals surface area contributed by atoms with Gasteiger partial charge in [0.15, 0.2) is 15.8 Å². The fraction of sp³-hybridized carbons (Fsp3) is 0.895. The zero-order valence-electron chi connectivity index (χ0n) is 16.5. The normalized spacial score (nSPS) is 29.1. The van der Waals surface area contributed by atoms with E-state index in [0.29, 0.717) is 18.9 Å². The maximum Gasteiger partial charge on any atom is 0.225 e. The zero-order chi connectivity index (χ0) is 19.3. The predicted molar refractivity (Wildman–Crippen MR) is 107 cm³/mol. The van der Waals surface area contributed by atoms with E-state index in [9.17, 15) is 13.2 Å². The second kappa shape index (κ2) is 9.26. The van der Waals surface area contributed by atoms with Gasteiger partial charge in [0.05, 0.1) is 11.5 Å². The smallest absolute Gasteiger partial charge is 0.225 e. The van der Waals surface area contributed by atoms with Crippen LogP contribution in [0, 0.1) is 11.8 Å². The molecule has 2 N–H and O–H groups in total. The van der Waals surface area contributed by atoms with E-state index < -0.39 is 9.84 Å². The molecule has 2 aliphatic heterocycles. The van der Waals surface area contributed by atoms with Crippen LogP contribution in [0.3, 0.4) is 0 Å². The van der Waals surface area contributed by atoms with Crippen LogP contribution in [0.5, 0.6) is 0 Å². The Hall–Kier alpha value is -1.31. The van der Waals surface area contributed by atoms with Gasteiger partial charge in [-0.05, 0) is 38.5 Å². The molecule has 0 aromatic carbocycles. The number of nitrogens with zero attached hydrogens (tertiary/aromatic N) is 2. The summed E-state index contributed by atoms with van der Waals surface area (Å²) in [6.07, 6.45) is 7.35. The molecule has 3 rings (SSSR count). The maximum absolute atomic E-state index is 12.7. The molecular formula is C19H34N4O3S. The Morgan fingerprint density at radius 1 is 1.15 bits per heavy atom. The number of rotatable bonds is 5. The highest BCUT2D eigenvalue weighted by Crippen LogP contribution is 2.26. The minimum atomic E-state index is -2.86. The first-order chi connectivity index (χ1) is 13.0. The van der Waals surface area contributed by atoms with Gasteiger partial charge >= 0.3 is 0 Å². The molecule has 1 saturated carbocycles. The van der Waals surface area contributed by atoms with Gasteiger partial charge in [-0.1, -0.05) is 19.3 Å². The number of sulfone groups is 1. The Labute approximate surface area is 163 Å². The van der Waals surface area contributed by atoms with Gasteiger partial charge in [0.25, 0.3) is 0 Å². The van der Waals surface area contributed by atoms with E-state index in [-0.39, 0.29) is 29.4 Å². The summed E-state index contributed by atoms with van der Waals surface area (Å²) in [5.41, 5.74) is 0. The first kappa shape index (κ1) is 20.4. The zero-order valence-corrected chi connectivity index (χ0v) is 17.3. The summed E-state index contributed by atoms with van der Waals surface area (Å²) in [5, 5.41) is 6.69. The first-order valence-corrected chi connectivity index (χ1v) is 12.3. The molecule has 1 amide bonds. The Balaban J connectivity index is 1.49. The molecule has 8 heteroatoms. The van der Waals surface area contributed by atoms with Crippen LogP contribution in [0.25, 0.3) is 0 Å². The van der Waals surface area contributed by atoms with Crippen molar-refractivity contribution in [3.05, 3.63) is 0 Å². The van der Waals surface area contributed by atoms with Crippen molar-refractivity contribution in [2.24, 2.45) is 16.8 Å². The molecule has 3 aliphatic rings. The topological polar surface area (TPSA) is 90.9 Å². The van der Waals surface area contributed by atoms with Crippen molar-refractivity contribution < 1.29 is 13.2 Å². The monoisotopic (exact) mass is 398 g/mol. The third-order valence-electron chi connectivity index (χ3n) is 5.97. The molecule has 2 atom stereocenters. The van der Waals surface area contributed by atoms with Crippen molar-refractivity contribution in [3.8, 4) is 0 Å². The molecule has 0 bridgehead atoms. The number of guanidine groups is 1. The van der Waals surface area contributed by atoms with Gasteiger partial charge in [-0.15, -0.1) is 0 Å². The number of nitrogens with one attached hydrogen (secondary N) is 2. The quantitative estimate of drug-likeness (QED) is 0.536. The molecular weight excluding hydrogens is 364 g/mol. The largest absolute Gasteiger partial charge is 0.357 e. The summed E-state index contributed by atoms with van der Waals surface area (Å²) in [7, 11) is -2.86. The number of likely N-dealkylation sites (tertiary alicyclic amines) is 1. The molecule has 2 heterocycles. The summed E-state index contributed by atoms with van der Waals surface area (Å²) < 4.78 is 23.2. The average molecular weight is 399 g/mol. The fourth-order valence-electron chi connectivity index (χ4n) is 4.44. The van der Waals surface area contributed by atoms with Crippen molar-refractivity contribution in [2.45, 2.75) is 57.9 Å². The molecule has 2 unspecified atom stereocenters. The number of aliphatic imine (C=N–C) groups is 1. The van der Waals surface area contributed by atoms with Gasteiger partial charge in [-0.2, -0.15) is 0 Å². The second-order valence-corrected chi connectivity index (χ2v) is 10.5. The number of amides is 1. The highest BCUT2D eigenvalue weighted by molar-refractivity contribution is 7.91. The minimum Gasteiger partial charge on any atom is -0.357 e. The third kappa shape index (κ3) is 5.83. The van der Waals surface area contributed by atoms with Crippen molar-refractivity contribution in [1.29, 1.82) is 0 Å². The van der Waals surface area contributed by atoms with Gasteiger partial charge < -0.3 is 15.5 Å². The van der Waals surface area contributed by atoms with Crippen molar-refractivity contribution >= 4 is 21.7 Å². The van der Waals surface area contributed by atoms with Crippen molar-refractivity contribution in [1.82, 2.24) is 15.5 Å². The number of carbonyl (C=O) groups is 1. The van der Waals surface area contributed by atoms with Crippen LogP contribution < -0.4 is 10.6 Å². The van der Waals surface area contributed by atoms with Gasteiger partial charge in [-0.3, -0.25) is 9.79 Å². The molecule has 27 heavy (non-hydrogen) atoms. The lowest BCUT2D eigenvalue weighted by atomic mass is 9.88. The van der Waals surface area contributed by atoms with E-state index in [1.807, 2.05) is 11.8 Å². The van der Waals surface area contributed by atoms with E-state index in [4.69, 9.17) is 0 Å². The molecule has 0 spiro atoms. The molecule has 154 valence electrons. The first-order valence-electron chi connectivity index (χ1n) is 10.5. The van der Waals surface area contributed by atoms with Crippen LogP contribution in [0.2, 0.25) is 0 Å². The van der Waals surface area contributed by atoms with Crippen LogP contribution in [-0.2, 0) is 14.6 Å². The molecule has 0 radical (unpaired) electrons. The predicted octanol–water partition coefficient (Wildman–Crippen LogP) is 1.16. The van der Waals surface area contributed by atoms with Crippen LogP contribution in [0.4, 0.5) is 0 Å². The molecule has 1 aliphatic carbocycles. The molecule has 7 nitrogen and oxygen atoms in total. The van der Waals surface area contributed by atoms with Crippen LogP contribution in [0.1, 0.15) is 51.9 Å². The lowest BCUT2D eigenvalue weighted by Gasteiger charge is -2.26. The van der Waals surface area contributed by atoms with Crippen LogP contribution >= 0.6 is 0 Å². The summed E-state index contributed by atoms with van der Waals surface area (Å²) in [5.74, 6) is 1.96. The van der Waals surface area contributed by atoms with Crippen LogP contribution in [-0.4, -0.2) is 68.9 Å². The van der Waals surface area contributed by atoms with Gasteiger partial charge in [0.2, 0.25) is 5.91 Å². The Bertz CT molecular complexity index is 643. The molecule has 0 aromatic rings. The highest BCUT2D eigenvalue weighted by atomic mass is 32.2. The molecule has 3 fully saturated rings. The SMILES string of the molecule is CCNC(=NCC1CCS(=O)(=O)C1)NC1CCN(C(=O)C2CCCCC2)C1. The number of carbonyl (C=O) groups excluding carboxylic acids is 1. The number of hydrogen-bond acceptors (Lipinski definition) is 4. The van der Waals surface area contributed by atoms with Gasteiger partial charge in [-0.25, -0.2) is 8.42 Å². The van der Waals surface area contributed by atoms with E-state index in [1.165, 1.54) is 19.3 Å². The van der Waals surface area contributed by atoms with E-state index in [2.05, 4.69) is 15.6 Å². The second-order valence-electron chi connectivity index (χ2n) is 8.24. The average Bonchev–Trinajstić information content (AvgIpc) is 3.26. The number of hydrogen-bond donors (Lipinski definition) is 2. The van der Waals surface area contributed by atoms with Gasteiger partial charge in [0.1, 0.15) is 0 Å². The summed E-state index contributed by atoms with van der Waals surface area (Å²) in [4.78, 5) is 19.3. The Morgan fingerprint density at radius 3 is 2.59 bits per heavy atom. The van der Waals surface area contributed by atoms with Crippen LogP contribution in [0.15, 0.2) is 4.99 Å². The Kier molecular flexibility index (Phi) is 7.00. The van der Waals surface area contributed by atoms with E-state index in [0.717, 1.165) is 44.9 Å². The maximum atomic E-state index is 12.7. The van der Waals surface area contributed by atoms with Crippen molar-refractivity contribution in [3.63, 3.8) is 0 Å². The lowest BCUT2D eigenvalue weighted by Crippen LogP contribution is -2.45. The molecule has 2 saturated heterocycles. The summed E-state index contributed by atoms with van der Waals surface area (Å²) in [6, 6.07) is 0.211. The van der Waals surface area contributed by atoms with Gasteiger partial charge in [0, 0.05) is 38.1 Å². The van der Waals surface area contributed by atoms with E-state index in [1.54, 1.807) is 0 Å².